The minimum absolute atomic E-state index is 0.334. The Morgan fingerprint density at radius 1 is 1.75 bits per heavy atom. The van der Waals surface area contributed by atoms with Gasteiger partial charge in [0.1, 0.15) is 5.25 Å². The number of carbonyl (C=O) groups is 1. The summed E-state index contributed by atoms with van der Waals surface area (Å²) in [6, 6.07) is 0. The van der Waals surface area contributed by atoms with Gasteiger partial charge < -0.3 is 5.11 Å². The summed E-state index contributed by atoms with van der Waals surface area (Å²) in [6.45, 7) is 1.89. The van der Waals surface area contributed by atoms with Crippen LogP contribution in [0.15, 0.2) is 17.8 Å². The average Bonchev–Trinajstić information content (AvgIpc) is 2.77. The van der Waals surface area contributed by atoms with Gasteiger partial charge in [-0.3, -0.25) is 9.20 Å². The maximum absolute atomic E-state index is 10.8. The number of hydrogen-bond acceptors (Lipinski definition) is 4. The van der Waals surface area contributed by atoms with Crippen LogP contribution in [0.25, 0.3) is 4.96 Å². The maximum Gasteiger partial charge on any atom is 0.316 e. The topological polar surface area (TPSA) is 54.6 Å². The Bertz CT molecular complexity index is 463. The number of carboxylic acids is 1. The zero-order valence-corrected chi connectivity index (χ0v) is 10.4. The molecule has 0 radical (unpaired) electrons. The summed E-state index contributed by atoms with van der Waals surface area (Å²) in [4.78, 5) is 16.2. The van der Waals surface area contributed by atoms with E-state index in [0.29, 0.717) is 12.2 Å². The van der Waals surface area contributed by atoms with Crippen LogP contribution >= 0.6 is 23.1 Å². The lowest BCUT2D eigenvalue weighted by Gasteiger charge is -2.07. The van der Waals surface area contributed by atoms with E-state index in [1.807, 2.05) is 29.1 Å². The van der Waals surface area contributed by atoms with Crippen LogP contribution in [0.5, 0.6) is 0 Å². The summed E-state index contributed by atoms with van der Waals surface area (Å²) in [5, 5.41) is 10.6. The molecule has 2 heterocycles. The number of rotatable bonds is 5. The number of carboxylic acid groups (broad SMARTS) is 1. The zero-order chi connectivity index (χ0) is 11.5. The van der Waals surface area contributed by atoms with Crippen LogP contribution in [0.2, 0.25) is 0 Å². The van der Waals surface area contributed by atoms with Crippen LogP contribution in [0.3, 0.4) is 0 Å². The first-order valence-electron chi connectivity index (χ1n) is 4.96. The second-order valence-electron chi connectivity index (χ2n) is 3.37. The highest BCUT2D eigenvalue weighted by Gasteiger charge is 2.16. The quantitative estimate of drug-likeness (QED) is 0.893. The van der Waals surface area contributed by atoms with Crippen molar-refractivity contribution in [1.29, 1.82) is 0 Å². The van der Waals surface area contributed by atoms with Crippen LogP contribution in [0.1, 0.15) is 19.0 Å². The molecule has 2 rings (SSSR count). The predicted octanol–water partition coefficient (Wildman–Crippen LogP) is 2.49. The van der Waals surface area contributed by atoms with E-state index in [9.17, 15) is 4.79 Å². The lowest BCUT2D eigenvalue weighted by molar-refractivity contribution is -0.136. The van der Waals surface area contributed by atoms with Crippen molar-refractivity contribution in [2.24, 2.45) is 0 Å². The molecule has 0 aliphatic rings. The molecule has 86 valence electrons. The van der Waals surface area contributed by atoms with Crippen LogP contribution < -0.4 is 0 Å². The number of fused-ring (bicyclic) bond motifs is 1. The van der Waals surface area contributed by atoms with Crippen LogP contribution in [-0.4, -0.2) is 25.7 Å². The van der Waals surface area contributed by atoms with Gasteiger partial charge in [0.05, 0.1) is 5.69 Å². The second kappa shape index (κ2) is 4.88. The molecule has 0 bridgehead atoms. The number of thioether (sulfide) groups is 1. The van der Waals surface area contributed by atoms with Gasteiger partial charge in [-0.05, 0) is 6.42 Å². The lowest BCUT2D eigenvalue weighted by atomic mass is 10.3. The summed E-state index contributed by atoms with van der Waals surface area (Å²) in [5.41, 5.74) is 0.941. The minimum Gasteiger partial charge on any atom is -0.480 e. The van der Waals surface area contributed by atoms with E-state index in [2.05, 4.69) is 4.98 Å². The van der Waals surface area contributed by atoms with E-state index in [0.717, 1.165) is 10.7 Å². The van der Waals surface area contributed by atoms with E-state index in [1.54, 1.807) is 11.3 Å². The third-order valence-corrected chi connectivity index (χ3v) is 4.39. The van der Waals surface area contributed by atoms with Crippen molar-refractivity contribution in [2.75, 3.05) is 0 Å². The normalized spacial score (nSPS) is 13.1. The first-order chi connectivity index (χ1) is 7.70. The number of nitrogens with zero attached hydrogens (tertiary/aromatic N) is 2. The highest BCUT2D eigenvalue weighted by molar-refractivity contribution is 7.99. The molecule has 0 aliphatic carbocycles. The summed E-state index contributed by atoms with van der Waals surface area (Å²) in [5.74, 6) is -0.0901. The van der Waals surface area contributed by atoms with E-state index >= 15 is 0 Å². The Morgan fingerprint density at radius 3 is 3.19 bits per heavy atom. The van der Waals surface area contributed by atoms with Gasteiger partial charge in [-0.2, -0.15) is 0 Å². The Hall–Kier alpha value is -1.01. The highest BCUT2D eigenvalue weighted by atomic mass is 32.2. The smallest absolute Gasteiger partial charge is 0.316 e. The van der Waals surface area contributed by atoms with Gasteiger partial charge in [-0.25, -0.2) is 4.98 Å². The fourth-order valence-electron chi connectivity index (χ4n) is 1.40. The van der Waals surface area contributed by atoms with Gasteiger partial charge in [-0.1, -0.05) is 6.92 Å². The maximum atomic E-state index is 10.8. The van der Waals surface area contributed by atoms with Crippen LogP contribution in [-0.2, 0) is 10.5 Å². The number of imidazole rings is 1. The number of hydrogen-bond donors (Lipinski definition) is 1. The molecule has 1 atom stereocenters. The molecule has 6 heteroatoms. The minimum atomic E-state index is -0.742. The van der Waals surface area contributed by atoms with Crippen molar-refractivity contribution in [1.82, 2.24) is 9.38 Å². The first-order valence-corrected chi connectivity index (χ1v) is 6.89. The van der Waals surface area contributed by atoms with Crippen molar-refractivity contribution in [3.05, 3.63) is 23.5 Å². The van der Waals surface area contributed by atoms with Crippen molar-refractivity contribution in [3.63, 3.8) is 0 Å². The van der Waals surface area contributed by atoms with E-state index in [4.69, 9.17) is 5.11 Å². The van der Waals surface area contributed by atoms with Crippen LogP contribution in [0, 0.1) is 0 Å². The molecule has 0 aromatic carbocycles. The number of aromatic nitrogens is 2. The SMILES string of the molecule is CCC(SCc1cn2ccsc2n1)C(=O)O. The molecule has 0 fully saturated rings. The largest absolute Gasteiger partial charge is 0.480 e. The lowest BCUT2D eigenvalue weighted by Crippen LogP contribution is -2.15. The number of thiazole rings is 1. The first kappa shape index (κ1) is 11.5. The molecule has 0 saturated carbocycles. The summed E-state index contributed by atoms with van der Waals surface area (Å²) in [6.07, 6.45) is 4.55. The molecule has 16 heavy (non-hydrogen) atoms. The molecule has 0 amide bonds. The van der Waals surface area contributed by atoms with Gasteiger partial charge in [-0.15, -0.1) is 23.1 Å². The van der Waals surface area contributed by atoms with Gasteiger partial charge in [0.15, 0.2) is 4.96 Å². The van der Waals surface area contributed by atoms with Crippen molar-refractivity contribution >= 4 is 34.0 Å². The van der Waals surface area contributed by atoms with Gasteiger partial charge in [0, 0.05) is 23.5 Å². The molecule has 0 saturated heterocycles. The van der Waals surface area contributed by atoms with Gasteiger partial charge >= 0.3 is 5.97 Å². The molecule has 2 aromatic rings. The second-order valence-corrected chi connectivity index (χ2v) is 5.44. The molecular formula is C10H12N2O2S2. The zero-order valence-electron chi connectivity index (χ0n) is 8.79. The van der Waals surface area contributed by atoms with Crippen LogP contribution in [0.4, 0.5) is 0 Å². The molecule has 0 spiro atoms. The summed E-state index contributed by atoms with van der Waals surface area (Å²) < 4.78 is 1.96. The Kier molecular flexibility index (Phi) is 3.50. The number of aliphatic carboxylic acids is 1. The molecular weight excluding hydrogens is 244 g/mol. The summed E-state index contributed by atoms with van der Waals surface area (Å²) >= 11 is 3.01. The third kappa shape index (κ3) is 2.38. The van der Waals surface area contributed by atoms with E-state index in [1.165, 1.54) is 11.8 Å². The molecule has 1 unspecified atom stereocenters. The molecule has 0 aliphatic heterocycles. The van der Waals surface area contributed by atoms with Crippen molar-refractivity contribution < 1.29 is 9.90 Å². The van der Waals surface area contributed by atoms with Crippen molar-refractivity contribution in [2.45, 2.75) is 24.3 Å². The Labute approximate surface area is 101 Å². The third-order valence-electron chi connectivity index (χ3n) is 2.22. The molecule has 1 N–H and O–H groups in total. The fourth-order valence-corrected chi connectivity index (χ4v) is 3.00. The standard InChI is InChI=1S/C10H12N2O2S2/c1-2-8(9(13)14)16-6-7-5-12-3-4-15-10(12)11-7/h3-5,8H,2,6H2,1H3,(H,13,14). The highest BCUT2D eigenvalue weighted by Crippen LogP contribution is 2.21. The summed E-state index contributed by atoms with van der Waals surface area (Å²) in [7, 11) is 0. The Morgan fingerprint density at radius 2 is 2.56 bits per heavy atom. The molecule has 2 aromatic heterocycles. The molecule has 4 nitrogen and oxygen atoms in total. The monoisotopic (exact) mass is 256 g/mol. The average molecular weight is 256 g/mol. The van der Waals surface area contributed by atoms with Crippen molar-refractivity contribution in [3.8, 4) is 0 Å². The van der Waals surface area contributed by atoms with E-state index in [-0.39, 0.29) is 5.25 Å². The van der Waals surface area contributed by atoms with E-state index < -0.39 is 5.97 Å². The van der Waals surface area contributed by atoms with Gasteiger partial charge in [0.2, 0.25) is 0 Å². The van der Waals surface area contributed by atoms with Gasteiger partial charge in [0.25, 0.3) is 0 Å². The fraction of sp³-hybridized carbons (Fsp3) is 0.400. The Balaban J connectivity index is 2.00. The predicted molar refractivity (Wildman–Crippen MR) is 66.1 cm³/mol.